The molecular formula is C9H13ClFNO. The standard InChI is InChI=1S/C9H12FNO.ClH/c1-6-8(10)4-3-5-9(6)12-7(2)11;/h3-5,7H,11H2,1-2H3;1H. The number of halogens is 2. The van der Waals surface area contributed by atoms with E-state index >= 15 is 0 Å². The van der Waals surface area contributed by atoms with Crippen molar-refractivity contribution in [2.24, 2.45) is 5.73 Å². The molecule has 13 heavy (non-hydrogen) atoms. The van der Waals surface area contributed by atoms with Crippen molar-refractivity contribution < 1.29 is 9.13 Å². The van der Waals surface area contributed by atoms with Crippen LogP contribution < -0.4 is 10.5 Å². The van der Waals surface area contributed by atoms with E-state index in [1.807, 2.05) is 0 Å². The molecule has 74 valence electrons. The fourth-order valence-corrected chi connectivity index (χ4v) is 0.916. The molecular weight excluding hydrogens is 193 g/mol. The molecule has 0 radical (unpaired) electrons. The molecule has 1 aromatic carbocycles. The van der Waals surface area contributed by atoms with Crippen molar-refractivity contribution in [1.29, 1.82) is 0 Å². The summed E-state index contributed by atoms with van der Waals surface area (Å²) in [4.78, 5) is 0. The Labute approximate surface area is 83.3 Å². The van der Waals surface area contributed by atoms with Gasteiger partial charge in [0.05, 0.1) is 0 Å². The molecule has 4 heteroatoms. The van der Waals surface area contributed by atoms with Gasteiger partial charge in [-0.2, -0.15) is 0 Å². The molecule has 0 saturated heterocycles. The molecule has 2 N–H and O–H groups in total. The van der Waals surface area contributed by atoms with Crippen molar-refractivity contribution in [3.8, 4) is 5.75 Å². The number of hydrogen-bond donors (Lipinski definition) is 1. The summed E-state index contributed by atoms with van der Waals surface area (Å²) < 4.78 is 18.1. The van der Waals surface area contributed by atoms with E-state index in [1.54, 1.807) is 26.0 Å². The van der Waals surface area contributed by atoms with Gasteiger partial charge in [-0.25, -0.2) is 4.39 Å². The SMILES string of the molecule is Cc1c(F)cccc1OC(C)N.Cl. The van der Waals surface area contributed by atoms with Gasteiger partial charge in [-0.15, -0.1) is 12.4 Å². The van der Waals surface area contributed by atoms with Crippen LogP contribution in [0.3, 0.4) is 0 Å². The molecule has 0 aliphatic carbocycles. The molecule has 1 atom stereocenters. The summed E-state index contributed by atoms with van der Waals surface area (Å²) in [7, 11) is 0. The number of rotatable bonds is 2. The maximum Gasteiger partial charge on any atom is 0.144 e. The van der Waals surface area contributed by atoms with Gasteiger partial charge in [-0.1, -0.05) is 6.07 Å². The van der Waals surface area contributed by atoms with Gasteiger partial charge in [0.1, 0.15) is 17.8 Å². The van der Waals surface area contributed by atoms with Crippen LogP contribution in [0, 0.1) is 12.7 Å². The highest BCUT2D eigenvalue weighted by Gasteiger charge is 2.05. The van der Waals surface area contributed by atoms with E-state index in [9.17, 15) is 4.39 Å². The second kappa shape index (κ2) is 5.04. The first-order valence-corrected chi connectivity index (χ1v) is 3.78. The fraction of sp³-hybridized carbons (Fsp3) is 0.333. The van der Waals surface area contributed by atoms with Crippen LogP contribution in [0.4, 0.5) is 4.39 Å². The van der Waals surface area contributed by atoms with Gasteiger partial charge in [0.2, 0.25) is 0 Å². The Morgan fingerprint density at radius 1 is 1.46 bits per heavy atom. The highest BCUT2D eigenvalue weighted by molar-refractivity contribution is 5.85. The van der Waals surface area contributed by atoms with E-state index < -0.39 is 6.23 Å². The largest absolute Gasteiger partial charge is 0.475 e. The minimum atomic E-state index is -0.412. The molecule has 0 aliphatic heterocycles. The summed E-state index contributed by atoms with van der Waals surface area (Å²) in [6.45, 7) is 3.36. The van der Waals surface area contributed by atoms with Gasteiger partial charge < -0.3 is 4.74 Å². The average Bonchev–Trinajstić information content (AvgIpc) is 1.98. The Kier molecular flexibility index (Phi) is 4.73. The normalized spacial score (nSPS) is 11.7. The first-order chi connectivity index (χ1) is 5.61. The highest BCUT2D eigenvalue weighted by Crippen LogP contribution is 2.20. The van der Waals surface area contributed by atoms with Crippen LogP contribution in [0.15, 0.2) is 18.2 Å². The Bertz CT molecular complexity index is 278. The third-order valence-corrected chi connectivity index (χ3v) is 1.53. The number of nitrogens with two attached hydrogens (primary N) is 1. The zero-order valence-corrected chi connectivity index (χ0v) is 8.40. The van der Waals surface area contributed by atoms with E-state index in [0.717, 1.165) is 0 Å². The molecule has 2 nitrogen and oxygen atoms in total. The molecule has 1 aromatic rings. The van der Waals surface area contributed by atoms with Crippen LogP contribution in [-0.2, 0) is 0 Å². The zero-order valence-electron chi connectivity index (χ0n) is 7.58. The van der Waals surface area contributed by atoms with Crippen molar-refractivity contribution in [3.63, 3.8) is 0 Å². The smallest absolute Gasteiger partial charge is 0.144 e. The molecule has 0 saturated carbocycles. The number of hydrogen-bond acceptors (Lipinski definition) is 2. The number of ether oxygens (including phenoxy) is 1. The first-order valence-electron chi connectivity index (χ1n) is 3.78. The lowest BCUT2D eigenvalue weighted by molar-refractivity contribution is 0.227. The van der Waals surface area contributed by atoms with Crippen LogP contribution in [0.2, 0.25) is 0 Å². The molecule has 0 bridgehead atoms. The second-order valence-electron chi connectivity index (χ2n) is 2.69. The predicted molar refractivity (Wildman–Crippen MR) is 52.7 cm³/mol. The van der Waals surface area contributed by atoms with Crippen molar-refractivity contribution in [2.75, 3.05) is 0 Å². The Morgan fingerprint density at radius 3 is 2.62 bits per heavy atom. The zero-order chi connectivity index (χ0) is 9.14. The third-order valence-electron chi connectivity index (χ3n) is 1.53. The van der Waals surface area contributed by atoms with E-state index in [4.69, 9.17) is 10.5 Å². The molecule has 0 fully saturated rings. The van der Waals surface area contributed by atoms with Gasteiger partial charge >= 0.3 is 0 Å². The van der Waals surface area contributed by atoms with E-state index in [0.29, 0.717) is 11.3 Å². The topological polar surface area (TPSA) is 35.2 Å². The van der Waals surface area contributed by atoms with Crippen molar-refractivity contribution in [3.05, 3.63) is 29.6 Å². The van der Waals surface area contributed by atoms with Gasteiger partial charge in [0.25, 0.3) is 0 Å². The second-order valence-corrected chi connectivity index (χ2v) is 2.69. The minimum Gasteiger partial charge on any atom is -0.475 e. The summed E-state index contributed by atoms with van der Waals surface area (Å²) in [6, 6.07) is 4.69. The molecule has 0 heterocycles. The van der Waals surface area contributed by atoms with Crippen LogP contribution in [0.1, 0.15) is 12.5 Å². The van der Waals surface area contributed by atoms with Crippen molar-refractivity contribution in [2.45, 2.75) is 20.1 Å². The lowest BCUT2D eigenvalue weighted by Gasteiger charge is -2.11. The van der Waals surface area contributed by atoms with E-state index in [-0.39, 0.29) is 18.2 Å². The lowest BCUT2D eigenvalue weighted by atomic mass is 10.2. The summed E-state index contributed by atoms with van der Waals surface area (Å²) in [5, 5.41) is 0. The van der Waals surface area contributed by atoms with Gasteiger partial charge in [-0.3, -0.25) is 5.73 Å². The summed E-state index contributed by atoms with van der Waals surface area (Å²) in [6.07, 6.45) is -0.412. The van der Waals surface area contributed by atoms with E-state index in [1.165, 1.54) is 6.07 Å². The van der Waals surface area contributed by atoms with Crippen LogP contribution >= 0.6 is 12.4 Å². The molecule has 0 amide bonds. The van der Waals surface area contributed by atoms with Crippen LogP contribution in [0.5, 0.6) is 5.75 Å². The fourth-order valence-electron chi connectivity index (χ4n) is 0.916. The summed E-state index contributed by atoms with van der Waals surface area (Å²) in [5.74, 6) is 0.234. The predicted octanol–water partition coefficient (Wildman–Crippen LogP) is 2.24. The Balaban J connectivity index is 0.00000144. The molecule has 1 rings (SSSR count). The summed E-state index contributed by atoms with van der Waals surface area (Å²) in [5.41, 5.74) is 5.89. The van der Waals surface area contributed by atoms with Gasteiger partial charge in [0.15, 0.2) is 0 Å². The highest BCUT2D eigenvalue weighted by atomic mass is 35.5. The molecule has 1 unspecified atom stereocenters. The Hall–Kier alpha value is -0.800. The average molecular weight is 206 g/mol. The minimum absolute atomic E-state index is 0. The maximum absolute atomic E-state index is 12.9. The Morgan fingerprint density at radius 2 is 2.08 bits per heavy atom. The van der Waals surface area contributed by atoms with Crippen molar-refractivity contribution in [1.82, 2.24) is 0 Å². The first kappa shape index (κ1) is 12.2. The monoisotopic (exact) mass is 205 g/mol. The maximum atomic E-state index is 12.9. The van der Waals surface area contributed by atoms with Crippen molar-refractivity contribution >= 4 is 12.4 Å². The van der Waals surface area contributed by atoms with Crippen LogP contribution in [-0.4, -0.2) is 6.23 Å². The van der Waals surface area contributed by atoms with Gasteiger partial charge in [-0.05, 0) is 26.0 Å². The van der Waals surface area contributed by atoms with Gasteiger partial charge in [0, 0.05) is 5.56 Å². The van der Waals surface area contributed by atoms with E-state index in [2.05, 4.69) is 0 Å². The quantitative estimate of drug-likeness (QED) is 0.752. The molecule has 0 spiro atoms. The molecule has 0 aliphatic rings. The third kappa shape index (κ3) is 3.20. The number of benzene rings is 1. The summed E-state index contributed by atoms with van der Waals surface area (Å²) >= 11 is 0. The lowest BCUT2D eigenvalue weighted by Crippen LogP contribution is -2.22. The molecule has 0 aromatic heterocycles. The van der Waals surface area contributed by atoms with Crippen LogP contribution in [0.25, 0.3) is 0 Å².